The van der Waals surface area contributed by atoms with Gasteiger partial charge in [-0.2, -0.15) is 0 Å². The zero-order chi connectivity index (χ0) is 20.5. The quantitative estimate of drug-likeness (QED) is 0.534. The number of aliphatic hydroxyl groups excluding tert-OH is 1. The molecule has 0 unspecified atom stereocenters. The van der Waals surface area contributed by atoms with Crippen LogP contribution in [0.5, 0.6) is 0 Å². The van der Waals surface area contributed by atoms with Crippen LogP contribution >= 0.6 is 11.8 Å². The molecule has 0 amide bonds. The minimum absolute atomic E-state index is 0.0563. The van der Waals surface area contributed by atoms with Crippen molar-refractivity contribution in [3.63, 3.8) is 0 Å². The maximum atomic E-state index is 9.56. The molecule has 0 radical (unpaired) electrons. The summed E-state index contributed by atoms with van der Waals surface area (Å²) in [4.78, 5) is 15.7. The maximum absolute atomic E-state index is 9.56. The molecule has 0 fully saturated rings. The molecule has 7 nitrogen and oxygen atoms in total. The minimum atomic E-state index is -0.211. The third kappa shape index (κ3) is 3.39. The fourth-order valence-corrected chi connectivity index (χ4v) is 4.53. The first-order valence-electron chi connectivity index (χ1n) is 9.66. The van der Waals surface area contributed by atoms with Crippen molar-refractivity contribution in [2.24, 2.45) is 0 Å². The van der Waals surface area contributed by atoms with Gasteiger partial charge in [-0.15, -0.1) is 5.10 Å². The largest absolute Gasteiger partial charge is 0.395 e. The van der Waals surface area contributed by atoms with Gasteiger partial charge in [-0.25, -0.2) is 14.6 Å². The summed E-state index contributed by atoms with van der Waals surface area (Å²) < 4.78 is 1.92. The second-order valence-corrected chi connectivity index (χ2v) is 8.02. The Kier molecular flexibility index (Phi) is 5.04. The molecule has 1 aliphatic heterocycles. The van der Waals surface area contributed by atoms with E-state index in [9.17, 15) is 5.11 Å². The molecule has 1 aromatic carbocycles. The first-order chi connectivity index (χ1) is 14.7. The summed E-state index contributed by atoms with van der Waals surface area (Å²) >= 11 is 1.51. The Bertz CT molecular complexity index is 1160. The summed E-state index contributed by atoms with van der Waals surface area (Å²) in [6.45, 7) is 0.562. The van der Waals surface area contributed by atoms with E-state index in [2.05, 4.69) is 28.1 Å². The lowest BCUT2D eigenvalue weighted by atomic mass is 10.0. The number of benzene rings is 1. The summed E-state index contributed by atoms with van der Waals surface area (Å²) in [6.07, 6.45) is 5.18. The number of nitrogens with zero attached hydrogens (tertiary/aromatic N) is 6. The van der Waals surface area contributed by atoms with Crippen LogP contribution in [0.1, 0.15) is 11.7 Å². The van der Waals surface area contributed by atoms with Crippen LogP contribution in [-0.4, -0.2) is 54.9 Å². The number of aliphatic hydroxyl groups is 1. The van der Waals surface area contributed by atoms with Gasteiger partial charge in [0, 0.05) is 41.8 Å². The molecule has 1 N–H and O–H groups in total. The highest BCUT2D eigenvalue weighted by Gasteiger charge is 2.33. The van der Waals surface area contributed by atoms with Gasteiger partial charge in [0.15, 0.2) is 11.0 Å². The lowest BCUT2D eigenvalue weighted by molar-refractivity contribution is 0.144. The van der Waals surface area contributed by atoms with Crippen LogP contribution in [0.15, 0.2) is 77.3 Å². The number of aromatic nitrogens is 5. The average molecular weight is 417 g/mol. The summed E-state index contributed by atoms with van der Waals surface area (Å²) in [5.74, 6) is 0.629. The molecule has 1 aliphatic rings. The summed E-state index contributed by atoms with van der Waals surface area (Å²) in [5, 5.41) is 16.0. The molecule has 150 valence electrons. The molecule has 5 rings (SSSR count). The normalized spacial score (nSPS) is 15.1. The zero-order valence-corrected chi connectivity index (χ0v) is 17.2. The van der Waals surface area contributed by atoms with E-state index < -0.39 is 0 Å². The number of hydrogen-bond acceptors (Lipinski definition) is 7. The van der Waals surface area contributed by atoms with E-state index in [0.717, 1.165) is 32.4 Å². The van der Waals surface area contributed by atoms with Gasteiger partial charge in [-0.05, 0) is 42.6 Å². The average Bonchev–Trinajstić information content (AvgIpc) is 3.22. The van der Waals surface area contributed by atoms with Gasteiger partial charge in [-0.3, -0.25) is 9.88 Å². The van der Waals surface area contributed by atoms with Gasteiger partial charge in [0.2, 0.25) is 0 Å². The van der Waals surface area contributed by atoms with Crippen molar-refractivity contribution >= 4 is 11.8 Å². The molecule has 4 aromatic rings. The van der Waals surface area contributed by atoms with Crippen LogP contribution in [0, 0.1) is 0 Å². The Morgan fingerprint density at radius 2 is 1.90 bits per heavy atom. The number of hydrogen-bond donors (Lipinski definition) is 1. The molecule has 8 heteroatoms. The second kappa shape index (κ2) is 7.98. The lowest BCUT2D eigenvalue weighted by Crippen LogP contribution is -2.35. The fourth-order valence-electron chi connectivity index (χ4n) is 3.61. The predicted octanol–water partition coefficient (Wildman–Crippen LogP) is 3.34. The van der Waals surface area contributed by atoms with E-state index in [0.29, 0.717) is 12.4 Å². The highest BCUT2D eigenvalue weighted by atomic mass is 32.2. The van der Waals surface area contributed by atoms with Crippen LogP contribution in [0.4, 0.5) is 0 Å². The van der Waals surface area contributed by atoms with Crippen molar-refractivity contribution < 1.29 is 5.11 Å². The van der Waals surface area contributed by atoms with Crippen LogP contribution < -0.4 is 0 Å². The first kappa shape index (κ1) is 18.9. The zero-order valence-electron chi connectivity index (χ0n) is 16.4. The van der Waals surface area contributed by atoms with Gasteiger partial charge in [0.05, 0.1) is 6.61 Å². The topological polar surface area (TPSA) is 80.0 Å². The van der Waals surface area contributed by atoms with Crippen molar-refractivity contribution in [2.45, 2.75) is 16.3 Å². The van der Waals surface area contributed by atoms with Crippen molar-refractivity contribution in [2.75, 3.05) is 20.2 Å². The first-order valence-corrected chi connectivity index (χ1v) is 10.5. The van der Waals surface area contributed by atoms with Crippen LogP contribution in [0.3, 0.4) is 0 Å². The molecule has 0 aliphatic carbocycles. The van der Waals surface area contributed by atoms with Gasteiger partial charge in [0.1, 0.15) is 11.2 Å². The van der Waals surface area contributed by atoms with E-state index >= 15 is 0 Å². The SMILES string of the molecule is CN(CCO)[C@H]1c2cc(-c3ccccc3)cnc2Sc2nc(-c3cccnc3)nn21. The molecule has 30 heavy (non-hydrogen) atoms. The minimum Gasteiger partial charge on any atom is -0.395 e. The predicted molar refractivity (Wildman–Crippen MR) is 115 cm³/mol. The van der Waals surface area contributed by atoms with Crippen molar-refractivity contribution in [3.05, 3.63) is 72.7 Å². The molecule has 1 atom stereocenters. The van der Waals surface area contributed by atoms with Gasteiger partial charge >= 0.3 is 0 Å². The fraction of sp³-hybridized carbons (Fsp3) is 0.182. The van der Waals surface area contributed by atoms with Gasteiger partial charge in [-0.1, -0.05) is 30.3 Å². The monoisotopic (exact) mass is 416 g/mol. The molecular formula is C22H20N6OS. The maximum Gasteiger partial charge on any atom is 0.194 e. The molecule has 3 aromatic heterocycles. The van der Waals surface area contributed by atoms with E-state index in [-0.39, 0.29) is 12.8 Å². The number of fused-ring (bicyclic) bond motifs is 2. The Morgan fingerprint density at radius 3 is 2.67 bits per heavy atom. The number of likely N-dealkylation sites (N-methyl/N-ethyl adjacent to an activating group) is 1. The smallest absolute Gasteiger partial charge is 0.194 e. The standard InChI is InChI=1S/C22H20N6OS/c1-27(10-11-29)21-18-12-17(15-6-3-2-4-7-15)14-24-20(18)30-22-25-19(26-28(21)22)16-8-5-9-23-13-16/h2-9,12-14,21,29H,10-11H2,1H3/t21-/m1/s1. The highest BCUT2D eigenvalue weighted by molar-refractivity contribution is 7.99. The molecule has 0 spiro atoms. The highest BCUT2D eigenvalue weighted by Crippen LogP contribution is 2.42. The molecule has 0 saturated carbocycles. The van der Waals surface area contributed by atoms with E-state index in [1.165, 1.54) is 11.8 Å². The van der Waals surface area contributed by atoms with Gasteiger partial charge in [0.25, 0.3) is 0 Å². The second-order valence-electron chi connectivity index (χ2n) is 7.07. The Hall–Kier alpha value is -3.07. The molecule has 0 saturated heterocycles. The third-order valence-corrected chi connectivity index (χ3v) is 6.07. The van der Waals surface area contributed by atoms with Crippen LogP contribution in [0.25, 0.3) is 22.5 Å². The van der Waals surface area contributed by atoms with Crippen molar-refractivity contribution in [1.82, 2.24) is 29.6 Å². The third-order valence-electron chi connectivity index (χ3n) is 5.07. The molecular weight excluding hydrogens is 396 g/mol. The summed E-state index contributed by atoms with van der Waals surface area (Å²) in [7, 11) is 1.98. The number of rotatable bonds is 5. The molecule has 4 heterocycles. The summed E-state index contributed by atoms with van der Waals surface area (Å²) in [5.41, 5.74) is 4.08. The van der Waals surface area contributed by atoms with Crippen LogP contribution in [-0.2, 0) is 0 Å². The van der Waals surface area contributed by atoms with E-state index in [1.54, 1.807) is 12.4 Å². The Labute approximate surface area is 178 Å². The number of pyridine rings is 2. The Balaban J connectivity index is 1.62. The lowest BCUT2D eigenvalue weighted by Gasteiger charge is -2.32. The van der Waals surface area contributed by atoms with E-state index in [1.807, 2.05) is 48.3 Å². The van der Waals surface area contributed by atoms with Gasteiger partial charge < -0.3 is 5.11 Å². The van der Waals surface area contributed by atoms with Crippen LogP contribution in [0.2, 0.25) is 0 Å². The Morgan fingerprint density at radius 1 is 1.07 bits per heavy atom. The molecule has 0 bridgehead atoms. The van der Waals surface area contributed by atoms with Crippen molar-refractivity contribution in [3.8, 4) is 22.5 Å². The van der Waals surface area contributed by atoms with Crippen molar-refractivity contribution in [1.29, 1.82) is 0 Å². The van der Waals surface area contributed by atoms with E-state index in [4.69, 9.17) is 15.1 Å². The summed E-state index contributed by atoms with van der Waals surface area (Å²) in [6, 6.07) is 16.2.